The number of carbonyl (C=O) groups excluding carboxylic acids is 1. The van der Waals surface area contributed by atoms with Crippen LogP contribution in [0.3, 0.4) is 0 Å². The van der Waals surface area contributed by atoms with Gasteiger partial charge in [0.2, 0.25) is 5.91 Å². The fourth-order valence-electron chi connectivity index (χ4n) is 3.50. The first-order valence-electron chi connectivity index (χ1n) is 8.40. The third kappa shape index (κ3) is 3.87. The molecule has 0 radical (unpaired) electrons. The average molecular weight is 302 g/mol. The van der Waals surface area contributed by atoms with Crippen LogP contribution in [0.2, 0.25) is 0 Å². The molecule has 1 aliphatic heterocycles. The normalized spacial score (nSPS) is 20.6. The first-order chi connectivity index (χ1) is 10.7. The Balaban J connectivity index is 1.40. The number of hydrogen-bond donors (Lipinski definition) is 1. The van der Waals surface area contributed by atoms with Gasteiger partial charge in [-0.2, -0.15) is 0 Å². The minimum atomic E-state index is 0.193. The van der Waals surface area contributed by atoms with Gasteiger partial charge in [0.25, 0.3) is 0 Å². The number of benzene rings is 1. The van der Waals surface area contributed by atoms with Crippen molar-refractivity contribution < 1.29 is 9.53 Å². The summed E-state index contributed by atoms with van der Waals surface area (Å²) in [5, 5.41) is 3.20. The van der Waals surface area contributed by atoms with E-state index in [2.05, 4.69) is 41.4 Å². The fraction of sp³-hybridized carbons (Fsp3) is 0.611. The molecule has 1 aliphatic carbocycles. The molecular formula is C18H26N2O2. The summed E-state index contributed by atoms with van der Waals surface area (Å²) in [7, 11) is 0. The van der Waals surface area contributed by atoms with Gasteiger partial charge in [-0.3, -0.25) is 9.69 Å². The smallest absolute Gasteiger partial charge is 0.220 e. The van der Waals surface area contributed by atoms with E-state index in [4.69, 9.17) is 4.74 Å². The van der Waals surface area contributed by atoms with E-state index in [9.17, 15) is 4.79 Å². The van der Waals surface area contributed by atoms with Crippen LogP contribution in [0.25, 0.3) is 0 Å². The molecule has 1 N–H and O–H groups in total. The Bertz CT molecular complexity index is 487. The highest BCUT2D eigenvalue weighted by Gasteiger charge is 2.23. The Morgan fingerprint density at radius 2 is 1.91 bits per heavy atom. The first kappa shape index (κ1) is 15.5. The second kappa shape index (κ2) is 7.25. The van der Waals surface area contributed by atoms with Gasteiger partial charge in [-0.1, -0.05) is 24.3 Å². The lowest BCUT2D eigenvalue weighted by Gasteiger charge is -2.32. The van der Waals surface area contributed by atoms with Crippen molar-refractivity contribution in [1.82, 2.24) is 10.2 Å². The van der Waals surface area contributed by atoms with Crippen molar-refractivity contribution >= 4 is 5.91 Å². The molecule has 0 aromatic heterocycles. The number of amides is 1. The number of hydrogen-bond acceptors (Lipinski definition) is 3. The Morgan fingerprint density at radius 3 is 2.55 bits per heavy atom. The molecule has 0 saturated carbocycles. The van der Waals surface area contributed by atoms with E-state index in [0.29, 0.717) is 12.5 Å². The minimum absolute atomic E-state index is 0.193. The zero-order valence-electron chi connectivity index (χ0n) is 13.4. The summed E-state index contributed by atoms with van der Waals surface area (Å²) < 4.78 is 5.37. The van der Waals surface area contributed by atoms with Crippen molar-refractivity contribution in [3.63, 3.8) is 0 Å². The quantitative estimate of drug-likeness (QED) is 0.901. The molecule has 1 aromatic rings. The number of morpholine rings is 1. The molecule has 1 saturated heterocycles. The van der Waals surface area contributed by atoms with Crippen LogP contribution in [0.5, 0.6) is 0 Å². The first-order valence-corrected chi connectivity index (χ1v) is 8.40. The second-order valence-electron chi connectivity index (χ2n) is 6.48. The molecule has 4 heteroatoms. The maximum atomic E-state index is 12.2. The predicted octanol–water partition coefficient (Wildman–Crippen LogP) is 1.77. The maximum Gasteiger partial charge on any atom is 0.220 e. The Morgan fingerprint density at radius 1 is 1.27 bits per heavy atom. The molecule has 3 rings (SSSR count). The van der Waals surface area contributed by atoms with Gasteiger partial charge in [-0.05, 0) is 37.3 Å². The van der Waals surface area contributed by atoms with E-state index in [-0.39, 0.29) is 11.9 Å². The van der Waals surface area contributed by atoms with Crippen molar-refractivity contribution in [2.75, 3.05) is 26.3 Å². The lowest BCUT2D eigenvalue weighted by Crippen LogP contribution is -2.43. The highest BCUT2D eigenvalue weighted by molar-refractivity contribution is 5.76. The molecule has 1 heterocycles. The Kier molecular flexibility index (Phi) is 5.11. The number of ether oxygens (including phenoxy) is 1. The zero-order chi connectivity index (χ0) is 15.4. The average Bonchev–Trinajstić information content (AvgIpc) is 2.95. The number of fused-ring (bicyclic) bond motifs is 1. The van der Waals surface area contributed by atoms with Gasteiger partial charge in [0, 0.05) is 31.6 Å². The van der Waals surface area contributed by atoms with Crippen LogP contribution in [0, 0.1) is 0 Å². The molecule has 22 heavy (non-hydrogen) atoms. The molecular weight excluding hydrogens is 276 g/mol. The van der Waals surface area contributed by atoms with Crippen LogP contribution in [0.15, 0.2) is 24.3 Å². The van der Waals surface area contributed by atoms with Crippen molar-refractivity contribution in [3.05, 3.63) is 35.4 Å². The van der Waals surface area contributed by atoms with Crippen LogP contribution in [0.1, 0.15) is 30.9 Å². The van der Waals surface area contributed by atoms with E-state index in [1.165, 1.54) is 11.1 Å². The topological polar surface area (TPSA) is 41.6 Å². The summed E-state index contributed by atoms with van der Waals surface area (Å²) in [6, 6.07) is 9.23. The zero-order valence-corrected chi connectivity index (χ0v) is 13.4. The van der Waals surface area contributed by atoms with Crippen LogP contribution in [-0.4, -0.2) is 49.2 Å². The fourth-order valence-corrected chi connectivity index (χ4v) is 3.50. The Hall–Kier alpha value is -1.39. The summed E-state index contributed by atoms with van der Waals surface area (Å²) >= 11 is 0. The van der Waals surface area contributed by atoms with Gasteiger partial charge in [0.1, 0.15) is 0 Å². The van der Waals surface area contributed by atoms with E-state index in [1.54, 1.807) is 0 Å². The van der Waals surface area contributed by atoms with Gasteiger partial charge in [0.05, 0.1) is 13.2 Å². The monoisotopic (exact) mass is 302 g/mol. The number of carbonyl (C=O) groups is 1. The summed E-state index contributed by atoms with van der Waals surface area (Å²) in [6.07, 6.45) is 3.48. The van der Waals surface area contributed by atoms with Crippen LogP contribution in [0.4, 0.5) is 0 Å². The number of nitrogens with zero attached hydrogens (tertiary/aromatic N) is 1. The number of rotatable bonds is 5. The van der Waals surface area contributed by atoms with Gasteiger partial charge in [-0.25, -0.2) is 0 Å². The van der Waals surface area contributed by atoms with E-state index in [1.807, 2.05) is 0 Å². The third-order valence-corrected chi connectivity index (χ3v) is 4.87. The standard InChI is InChI=1S/C18H26N2O2/c1-14(20-8-10-22-11-9-20)6-7-18(21)19-17-12-15-4-2-3-5-16(15)13-17/h2-5,14,17H,6-13H2,1H3,(H,19,21)/t14-/m0/s1. The predicted molar refractivity (Wildman–Crippen MR) is 86.9 cm³/mol. The van der Waals surface area contributed by atoms with Crippen molar-refractivity contribution in [1.29, 1.82) is 0 Å². The molecule has 1 fully saturated rings. The molecule has 1 aromatic carbocycles. The summed E-state index contributed by atoms with van der Waals surface area (Å²) in [6.45, 7) is 5.82. The third-order valence-electron chi connectivity index (χ3n) is 4.87. The van der Waals surface area contributed by atoms with Crippen LogP contribution >= 0.6 is 0 Å². The lowest BCUT2D eigenvalue weighted by molar-refractivity contribution is -0.122. The Labute approximate surface area is 132 Å². The van der Waals surface area contributed by atoms with Crippen molar-refractivity contribution in [2.45, 2.75) is 44.7 Å². The van der Waals surface area contributed by atoms with Gasteiger partial charge < -0.3 is 10.1 Å². The van der Waals surface area contributed by atoms with Gasteiger partial charge in [-0.15, -0.1) is 0 Å². The van der Waals surface area contributed by atoms with Gasteiger partial charge in [0.15, 0.2) is 0 Å². The molecule has 0 spiro atoms. The molecule has 4 nitrogen and oxygen atoms in total. The molecule has 1 atom stereocenters. The maximum absolute atomic E-state index is 12.2. The van der Waals surface area contributed by atoms with Crippen molar-refractivity contribution in [3.8, 4) is 0 Å². The van der Waals surface area contributed by atoms with E-state index < -0.39 is 0 Å². The summed E-state index contributed by atoms with van der Waals surface area (Å²) in [5.74, 6) is 0.193. The summed E-state index contributed by atoms with van der Waals surface area (Å²) in [4.78, 5) is 14.6. The SMILES string of the molecule is C[C@@H](CCC(=O)NC1Cc2ccccc2C1)N1CCOCC1. The molecule has 0 bridgehead atoms. The van der Waals surface area contributed by atoms with Crippen molar-refractivity contribution in [2.24, 2.45) is 0 Å². The molecule has 1 amide bonds. The molecule has 120 valence electrons. The highest BCUT2D eigenvalue weighted by atomic mass is 16.5. The summed E-state index contributed by atoms with van der Waals surface area (Å²) in [5.41, 5.74) is 2.77. The van der Waals surface area contributed by atoms with E-state index in [0.717, 1.165) is 45.6 Å². The van der Waals surface area contributed by atoms with Crippen LogP contribution < -0.4 is 5.32 Å². The van der Waals surface area contributed by atoms with E-state index >= 15 is 0 Å². The second-order valence-corrected chi connectivity index (χ2v) is 6.48. The number of nitrogens with one attached hydrogen (secondary N) is 1. The largest absolute Gasteiger partial charge is 0.379 e. The molecule has 0 unspecified atom stereocenters. The lowest BCUT2D eigenvalue weighted by atomic mass is 10.1. The molecule has 2 aliphatic rings. The minimum Gasteiger partial charge on any atom is -0.379 e. The van der Waals surface area contributed by atoms with Crippen LogP contribution in [-0.2, 0) is 22.4 Å². The highest BCUT2D eigenvalue weighted by Crippen LogP contribution is 2.21. The van der Waals surface area contributed by atoms with Gasteiger partial charge >= 0.3 is 0 Å².